The van der Waals surface area contributed by atoms with Crippen LogP contribution in [-0.2, 0) is 4.79 Å². The third-order valence-electron chi connectivity index (χ3n) is 3.49. The van der Waals surface area contributed by atoms with E-state index in [1.54, 1.807) is 12.1 Å². The van der Waals surface area contributed by atoms with Crippen molar-refractivity contribution in [1.82, 2.24) is 5.32 Å². The number of carbonyl (C=O) groups is 1. The van der Waals surface area contributed by atoms with E-state index in [1.807, 2.05) is 32.0 Å². The van der Waals surface area contributed by atoms with Crippen LogP contribution in [0.15, 0.2) is 30.3 Å². The smallest absolute Gasteiger partial charge is 0.223 e. The molecule has 0 heterocycles. The molecule has 4 heteroatoms. The van der Waals surface area contributed by atoms with Crippen LogP contribution in [0.3, 0.4) is 0 Å². The Hall–Kier alpha value is -1.39. The van der Waals surface area contributed by atoms with Crippen LogP contribution in [-0.4, -0.2) is 28.3 Å². The summed E-state index contributed by atoms with van der Waals surface area (Å²) in [5.41, 5.74) is -0.133. The van der Waals surface area contributed by atoms with Gasteiger partial charge in [0.15, 0.2) is 0 Å². The summed E-state index contributed by atoms with van der Waals surface area (Å²) in [5.74, 6) is -0.253. The van der Waals surface area contributed by atoms with Gasteiger partial charge in [0.2, 0.25) is 5.91 Å². The largest absolute Gasteiger partial charge is 0.388 e. The average Bonchev–Trinajstić information content (AvgIpc) is 2.45. The SMILES string of the molecule is CCC(O)(CC)CNC(=O)CC(O)c1ccccc1. The van der Waals surface area contributed by atoms with Gasteiger partial charge in [0.25, 0.3) is 0 Å². The second-order valence-electron chi connectivity index (χ2n) is 4.84. The van der Waals surface area contributed by atoms with E-state index in [9.17, 15) is 15.0 Å². The van der Waals surface area contributed by atoms with Crippen molar-refractivity contribution in [2.75, 3.05) is 6.54 Å². The molecule has 0 saturated carbocycles. The maximum Gasteiger partial charge on any atom is 0.223 e. The summed E-state index contributed by atoms with van der Waals surface area (Å²) in [6.07, 6.45) is 0.376. The Bertz CT molecular complexity index is 388. The van der Waals surface area contributed by atoms with E-state index in [0.29, 0.717) is 12.8 Å². The molecule has 19 heavy (non-hydrogen) atoms. The zero-order valence-electron chi connectivity index (χ0n) is 11.6. The lowest BCUT2D eigenvalue weighted by Gasteiger charge is -2.25. The van der Waals surface area contributed by atoms with Crippen LogP contribution in [0.4, 0.5) is 0 Å². The third-order valence-corrected chi connectivity index (χ3v) is 3.49. The average molecular weight is 265 g/mol. The van der Waals surface area contributed by atoms with Gasteiger partial charge in [0, 0.05) is 6.54 Å². The molecular weight excluding hydrogens is 242 g/mol. The van der Waals surface area contributed by atoms with Gasteiger partial charge in [0.1, 0.15) is 0 Å². The monoisotopic (exact) mass is 265 g/mol. The summed E-state index contributed by atoms with van der Waals surface area (Å²) in [7, 11) is 0. The summed E-state index contributed by atoms with van der Waals surface area (Å²) in [6.45, 7) is 3.99. The number of aliphatic hydroxyl groups is 2. The molecular formula is C15H23NO3. The van der Waals surface area contributed by atoms with E-state index in [1.165, 1.54) is 0 Å². The highest BCUT2D eigenvalue weighted by molar-refractivity contribution is 5.76. The number of aliphatic hydroxyl groups excluding tert-OH is 1. The third kappa shape index (κ3) is 5.01. The minimum Gasteiger partial charge on any atom is -0.388 e. The van der Waals surface area contributed by atoms with Gasteiger partial charge in [-0.25, -0.2) is 0 Å². The number of benzene rings is 1. The fourth-order valence-corrected chi connectivity index (χ4v) is 1.80. The number of rotatable bonds is 7. The Labute approximate surface area is 114 Å². The van der Waals surface area contributed by atoms with Gasteiger partial charge in [-0.3, -0.25) is 4.79 Å². The van der Waals surface area contributed by atoms with Crippen molar-refractivity contribution in [2.24, 2.45) is 0 Å². The highest BCUT2D eigenvalue weighted by Gasteiger charge is 2.23. The van der Waals surface area contributed by atoms with Crippen molar-refractivity contribution in [3.8, 4) is 0 Å². The van der Waals surface area contributed by atoms with E-state index >= 15 is 0 Å². The second-order valence-corrected chi connectivity index (χ2v) is 4.84. The number of hydrogen-bond acceptors (Lipinski definition) is 3. The summed E-state index contributed by atoms with van der Waals surface area (Å²) < 4.78 is 0. The lowest BCUT2D eigenvalue weighted by molar-refractivity contribution is -0.124. The van der Waals surface area contributed by atoms with E-state index < -0.39 is 11.7 Å². The number of hydrogen-bond donors (Lipinski definition) is 3. The summed E-state index contributed by atoms with van der Waals surface area (Å²) in [4.78, 5) is 11.7. The lowest BCUT2D eigenvalue weighted by Crippen LogP contribution is -2.42. The summed E-state index contributed by atoms with van der Waals surface area (Å²) in [6, 6.07) is 9.07. The molecule has 0 aliphatic carbocycles. The molecule has 4 nitrogen and oxygen atoms in total. The van der Waals surface area contributed by atoms with E-state index in [0.717, 1.165) is 5.56 Å². The predicted octanol–water partition coefficient (Wildman–Crippen LogP) is 1.78. The molecule has 3 N–H and O–H groups in total. The van der Waals surface area contributed by atoms with Gasteiger partial charge in [0.05, 0.1) is 18.1 Å². The van der Waals surface area contributed by atoms with Crippen molar-refractivity contribution < 1.29 is 15.0 Å². The van der Waals surface area contributed by atoms with Gasteiger partial charge in [-0.15, -0.1) is 0 Å². The quantitative estimate of drug-likeness (QED) is 0.704. The molecule has 1 aromatic rings. The molecule has 1 atom stereocenters. The van der Waals surface area contributed by atoms with Crippen LogP contribution >= 0.6 is 0 Å². The Kier molecular flexibility index (Phi) is 5.99. The zero-order chi connectivity index (χ0) is 14.3. The van der Waals surface area contributed by atoms with Crippen LogP contribution in [0.5, 0.6) is 0 Å². The Morgan fingerprint density at radius 1 is 1.26 bits per heavy atom. The topological polar surface area (TPSA) is 69.6 Å². The molecule has 0 aliphatic rings. The van der Waals surface area contributed by atoms with Crippen molar-refractivity contribution in [3.05, 3.63) is 35.9 Å². The molecule has 0 aromatic heterocycles. The molecule has 1 rings (SSSR count). The molecule has 0 spiro atoms. The van der Waals surface area contributed by atoms with Gasteiger partial charge in [-0.05, 0) is 18.4 Å². The number of carbonyl (C=O) groups excluding carboxylic acids is 1. The molecule has 0 saturated heterocycles. The number of amides is 1. The maximum atomic E-state index is 11.7. The first kappa shape index (κ1) is 15.7. The molecule has 0 aliphatic heterocycles. The highest BCUT2D eigenvalue weighted by Crippen LogP contribution is 2.16. The lowest BCUT2D eigenvalue weighted by atomic mass is 9.97. The fourth-order valence-electron chi connectivity index (χ4n) is 1.80. The molecule has 1 unspecified atom stereocenters. The Morgan fingerprint density at radius 2 is 1.84 bits per heavy atom. The highest BCUT2D eigenvalue weighted by atomic mass is 16.3. The first-order valence-corrected chi connectivity index (χ1v) is 6.73. The molecule has 106 valence electrons. The Balaban J connectivity index is 2.44. The van der Waals surface area contributed by atoms with Crippen molar-refractivity contribution >= 4 is 5.91 Å². The van der Waals surface area contributed by atoms with Crippen molar-refractivity contribution in [2.45, 2.75) is 44.8 Å². The second kappa shape index (κ2) is 7.26. The van der Waals surface area contributed by atoms with Crippen molar-refractivity contribution in [3.63, 3.8) is 0 Å². The van der Waals surface area contributed by atoms with Gasteiger partial charge < -0.3 is 15.5 Å². The summed E-state index contributed by atoms with van der Waals surface area (Å²) >= 11 is 0. The predicted molar refractivity (Wildman–Crippen MR) is 74.6 cm³/mol. The Morgan fingerprint density at radius 3 is 2.37 bits per heavy atom. The van der Waals surface area contributed by atoms with Gasteiger partial charge in [-0.2, -0.15) is 0 Å². The van der Waals surface area contributed by atoms with E-state index in [-0.39, 0.29) is 18.9 Å². The molecule has 0 bridgehead atoms. The van der Waals surface area contributed by atoms with E-state index in [2.05, 4.69) is 5.32 Å². The van der Waals surface area contributed by atoms with Crippen molar-refractivity contribution in [1.29, 1.82) is 0 Å². The summed E-state index contributed by atoms with van der Waals surface area (Å²) in [5, 5.41) is 22.6. The first-order chi connectivity index (χ1) is 9.00. The van der Waals surface area contributed by atoms with Crippen LogP contribution < -0.4 is 5.32 Å². The molecule has 1 aromatic carbocycles. The zero-order valence-corrected chi connectivity index (χ0v) is 11.6. The van der Waals surface area contributed by atoms with Crippen LogP contribution in [0.1, 0.15) is 44.8 Å². The minimum atomic E-state index is -0.854. The van der Waals surface area contributed by atoms with Crippen LogP contribution in [0.2, 0.25) is 0 Å². The number of nitrogens with one attached hydrogen (secondary N) is 1. The molecule has 0 radical (unpaired) electrons. The molecule has 1 amide bonds. The minimum absolute atomic E-state index is 0.00746. The first-order valence-electron chi connectivity index (χ1n) is 6.73. The van der Waals surface area contributed by atoms with E-state index in [4.69, 9.17) is 0 Å². The maximum absolute atomic E-state index is 11.7. The fraction of sp³-hybridized carbons (Fsp3) is 0.533. The van der Waals surface area contributed by atoms with Crippen LogP contribution in [0.25, 0.3) is 0 Å². The molecule has 0 fully saturated rings. The van der Waals surface area contributed by atoms with Crippen LogP contribution in [0, 0.1) is 0 Å². The van der Waals surface area contributed by atoms with Gasteiger partial charge in [-0.1, -0.05) is 44.2 Å². The van der Waals surface area contributed by atoms with Gasteiger partial charge >= 0.3 is 0 Å². The normalized spacial score (nSPS) is 13.1. The standard InChI is InChI=1S/C15H23NO3/c1-3-15(19,4-2)11-16-14(18)10-13(17)12-8-6-5-7-9-12/h5-9,13,17,19H,3-4,10-11H2,1-2H3,(H,16,18).